The summed E-state index contributed by atoms with van der Waals surface area (Å²) in [4.78, 5) is 12.7. The van der Waals surface area contributed by atoms with E-state index in [2.05, 4.69) is 17.0 Å². The van der Waals surface area contributed by atoms with Gasteiger partial charge < -0.3 is 10.1 Å². The summed E-state index contributed by atoms with van der Waals surface area (Å²) < 4.78 is 33.3. The lowest BCUT2D eigenvalue weighted by atomic mass is 10.1. The summed E-state index contributed by atoms with van der Waals surface area (Å²) in [7, 11) is -3.79. The maximum atomic E-state index is 12.6. The molecule has 0 atom stereocenters. The molecule has 1 amide bonds. The van der Waals surface area contributed by atoms with Crippen molar-refractivity contribution < 1.29 is 17.9 Å². The van der Waals surface area contributed by atoms with Crippen LogP contribution >= 0.6 is 0 Å². The first-order valence-corrected chi connectivity index (χ1v) is 11.1. The van der Waals surface area contributed by atoms with Crippen LogP contribution in [0.4, 0.5) is 5.69 Å². The summed E-state index contributed by atoms with van der Waals surface area (Å²) in [5.74, 6) is 0.351. The molecule has 6 nitrogen and oxygen atoms in total. The highest BCUT2D eigenvalue weighted by molar-refractivity contribution is 7.92. The minimum atomic E-state index is -3.79. The number of hydrogen-bond acceptors (Lipinski definition) is 4. The minimum Gasteiger partial charge on any atom is -0.492 e. The number of aryl methyl sites for hydroxylation is 1. The fraction of sp³-hybridized carbons (Fsp3) is 0.174. The Morgan fingerprint density at radius 3 is 2.27 bits per heavy atom. The van der Waals surface area contributed by atoms with Crippen LogP contribution in [-0.4, -0.2) is 27.5 Å². The zero-order chi connectivity index (χ0) is 21.4. The van der Waals surface area contributed by atoms with Gasteiger partial charge in [0.25, 0.3) is 15.9 Å². The first kappa shape index (κ1) is 21.4. The molecule has 30 heavy (non-hydrogen) atoms. The van der Waals surface area contributed by atoms with Gasteiger partial charge in [-0.2, -0.15) is 0 Å². The highest BCUT2D eigenvalue weighted by Gasteiger charge is 2.18. The lowest BCUT2D eigenvalue weighted by molar-refractivity contribution is 0.0948. The number of hydrogen-bond donors (Lipinski definition) is 2. The molecule has 2 N–H and O–H groups in total. The molecule has 0 bridgehead atoms. The van der Waals surface area contributed by atoms with Crippen LogP contribution < -0.4 is 14.8 Å². The lowest BCUT2D eigenvalue weighted by Crippen LogP contribution is -2.29. The Labute approximate surface area is 177 Å². The van der Waals surface area contributed by atoms with Gasteiger partial charge in [-0.1, -0.05) is 49.4 Å². The topological polar surface area (TPSA) is 84.5 Å². The van der Waals surface area contributed by atoms with E-state index in [0.29, 0.717) is 6.61 Å². The standard InChI is InChI=1S/C23H24N2O4S/c1-2-18-12-14-19(15-13-18)29-17-16-24-23(26)21-10-6-7-11-22(21)25-30(27,28)20-8-4-3-5-9-20/h3-15,25H,2,16-17H2,1H3,(H,24,26). The van der Waals surface area contributed by atoms with Crippen molar-refractivity contribution in [2.45, 2.75) is 18.2 Å². The van der Waals surface area contributed by atoms with E-state index in [-0.39, 0.29) is 28.6 Å². The second-order valence-electron chi connectivity index (χ2n) is 6.57. The fourth-order valence-electron chi connectivity index (χ4n) is 2.82. The average molecular weight is 425 g/mol. The summed E-state index contributed by atoms with van der Waals surface area (Å²) in [6.07, 6.45) is 0.962. The number of sulfonamides is 1. The normalized spacial score (nSPS) is 11.0. The fourth-order valence-corrected chi connectivity index (χ4v) is 3.92. The van der Waals surface area contributed by atoms with Crippen molar-refractivity contribution in [1.29, 1.82) is 0 Å². The number of carbonyl (C=O) groups excluding carboxylic acids is 1. The van der Waals surface area contributed by atoms with Gasteiger partial charge in [-0.15, -0.1) is 0 Å². The third-order valence-electron chi connectivity index (χ3n) is 4.46. The number of amides is 1. The monoisotopic (exact) mass is 424 g/mol. The molecule has 7 heteroatoms. The molecule has 0 aliphatic carbocycles. The molecular formula is C23H24N2O4S. The van der Waals surface area contributed by atoms with Crippen LogP contribution in [0.1, 0.15) is 22.8 Å². The number of rotatable bonds is 9. The quantitative estimate of drug-likeness (QED) is 0.511. The van der Waals surface area contributed by atoms with E-state index in [9.17, 15) is 13.2 Å². The van der Waals surface area contributed by atoms with Gasteiger partial charge in [0, 0.05) is 0 Å². The van der Waals surface area contributed by atoms with Gasteiger partial charge in [-0.05, 0) is 48.4 Å². The van der Waals surface area contributed by atoms with Crippen LogP contribution in [-0.2, 0) is 16.4 Å². The molecule has 0 heterocycles. The Kier molecular flexibility index (Phi) is 7.08. The van der Waals surface area contributed by atoms with Crippen LogP contribution in [0.2, 0.25) is 0 Å². The Balaban J connectivity index is 1.60. The largest absolute Gasteiger partial charge is 0.492 e. The van der Waals surface area contributed by atoms with E-state index in [1.54, 1.807) is 42.5 Å². The third-order valence-corrected chi connectivity index (χ3v) is 5.84. The maximum Gasteiger partial charge on any atom is 0.261 e. The third kappa shape index (κ3) is 5.61. The molecule has 0 aromatic heterocycles. The molecule has 0 aliphatic rings. The van der Waals surface area contributed by atoms with E-state index in [1.807, 2.05) is 24.3 Å². The van der Waals surface area contributed by atoms with E-state index >= 15 is 0 Å². The second kappa shape index (κ2) is 9.93. The van der Waals surface area contributed by atoms with Crippen molar-refractivity contribution in [3.05, 3.63) is 90.0 Å². The van der Waals surface area contributed by atoms with Crippen molar-refractivity contribution in [2.75, 3.05) is 17.9 Å². The summed E-state index contributed by atoms with van der Waals surface area (Å²) in [6, 6.07) is 22.3. The van der Waals surface area contributed by atoms with Crippen molar-refractivity contribution in [1.82, 2.24) is 5.32 Å². The zero-order valence-electron chi connectivity index (χ0n) is 16.7. The predicted molar refractivity (Wildman–Crippen MR) is 117 cm³/mol. The Morgan fingerprint density at radius 2 is 1.57 bits per heavy atom. The number of ether oxygens (including phenoxy) is 1. The first-order valence-electron chi connectivity index (χ1n) is 9.66. The molecule has 0 aliphatic heterocycles. The summed E-state index contributed by atoms with van der Waals surface area (Å²) in [5, 5.41) is 2.76. The van der Waals surface area contributed by atoms with E-state index in [4.69, 9.17) is 4.74 Å². The summed E-state index contributed by atoms with van der Waals surface area (Å²) in [5.41, 5.74) is 1.68. The van der Waals surface area contributed by atoms with Crippen molar-refractivity contribution >= 4 is 21.6 Å². The molecule has 0 saturated carbocycles. The van der Waals surface area contributed by atoms with Gasteiger partial charge >= 0.3 is 0 Å². The van der Waals surface area contributed by atoms with Crippen LogP contribution in [0.5, 0.6) is 5.75 Å². The number of nitrogens with one attached hydrogen (secondary N) is 2. The Morgan fingerprint density at radius 1 is 0.900 bits per heavy atom. The number of benzene rings is 3. The highest BCUT2D eigenvalue weighted by atomic mass is 32.2. The Hall–Kier alpha value is -3.32. The lowest BCUT2D eigenvalue weighted by Gasteiger charge is -2.13. The molecule has 0 spiro atoms. The molecule has 3 aromatic rings. The smallest absolute Gasteiger partial charge is 0.261 e. The summed E-state index contributed by atoms with van der Waals surface area (Å²) >= 11 is 0. The van der Waals surface area contributed by atoms with Crippen LogP contribution in [0.3, 0.4) is 0 Å². The SMILES string of the molecule is CCc1ccc(OCCNC(=O)c2ccccc2NS(=O)(=O)c2ccccc2)cc1. The molecule has 0 radical (unpaired) electrons. The van der Waals surface area contributed by atoms with Crippen molar-refractivity contribution in [3.63, 3.8) is 0 Å². The molecule has 0 unspecified atom stereocenters. The van der Waals surface area contributed by atoms with E-state index < -0.39 is 10.0 Å². The van der Waals surface area contributed by atoms with Crippen LogP contribution in [0.15, 0.2) is 83.8 Å². The maximum absolute atomic E-state index is 12.6. The van der Waals surface area contributed by atoms with E-state index in [1.165, 1.54) is 17.7 Å². The predicted octanol–water partition coefficient (Wildman–Crippen LogP) is 3.86. The van der Waals surface area contributed by atoms with Gasteiger partial charge in [0.15, 0.2) is 0 Å². The molecule has 0 saturated heterocycles. The van der Waals surface area contributed by atoms with E-state index in [0.717, 1.165) is 12.2 Å². The van der Waals surface area contributed by atoms with Crippen LogP contribution in [0.25, 0.3) is 0 Å². The van der Waals surface area contributed by atoms with Gasteiger partial charge in [-0.3, -0.25) is 9.52 Å². The molecule has 156 valence electrons. The highest BCUT2D eigenvalue weighted by Crippen LogP contribution is 2.20. The van der Waals surface area contributed by atoms with Gasteiger partial charge in [-0.25, -0.2) is 8.42 Å². The molecule has 3 rings (SSSR count). The second-order valence-corrected chi connectivity index (χ2v) is 8.25. The van der Waals surface area contributed by atoms with Crippen molar-refractivity contribution in [3.8, 4) is 5.75 Å². The minimum absolute atomic E-state index is 0.128. The van der Waals surface area contributed by atoms with Crippen molar-refractivity contribution in [2.24, 2.45) is 0 Å². The molecular weight excluding hydrogens is 400 g/mol. The van der Waals surface area contributed by atoms with Gasteiger partial charge in [0.2, 0.25) is 0 Å². The Bertz CT molecular complexity index is 1080. The van der Waals surface area contributed by atoms with Gasteiger partial charge in [0.05, 0.1) is 22.7 Å². The van der Waals surface area contributed by atoms with Crippen LogP contribution in [0, 0.1) is 0 Å². The van der Waals surface area contributed by atoms with Gasteiger partial charge in [0.1, 0.15) is 12.4 Å². The molecule has 3 aromatic carbocycles. The average Bonchev–Trinajstić information content (AvgIpc) is 2.77. The first-order chi connectivity index (χ1) is 14.5. The number of anilines is 1. The number of carbonyl (C=O) groups is 1. The zero-order valence-corrected chi connectivity index (χ0v) is 17.5. The molecule has 0 fully saturated rings. The number of para-hydroxylation sites is 1. The summed E-state index contributed by atoms with van der Waals surface area (Å²) in [6.45, 7) is 2.67.